The summed E-state index contributed by atoms with van der Waals surface area (Å²) in [6.07, 6.45) is 1.85. The third-order valence-corrected chi connectivity index (χ3v) is 3.41. The monoisotopic (exact) mass is 265 g/mol. The van der Waals surface area contributed by atoms with E-state index in [9.17, 15) is 5.11 Å². The standard InChI is InChI=1S/C14H23N3O2/c1-3-15-14-5-4-12(6-16-14)7-17-8-13(9-18)19-10-11(17)2/h4-6,11,13,18H,3,7-10H2,1-2H3,(H,15,16). The van der Waals surface area contributed by atoms with Crippen molar-refractivity contribution in [3.8, 4) is 0 Å². The van der Waals surface area contributed by atoms with Gasteiger partial charge in [0.1, 0.15) is 5.82 Å². The number of hydrogen-bond donors (Lipinski definition) is 2. The molecule has 1 aliphatic heterocycles. The molecule has 2 N–H and O–H groups in total. The lowest BCUT2D eigenvalue weighted by molar-refractivity contribution is -0.0805. The summed E-state index contributed by atoms with van der Waals surface area (Å²) in [6.45, 7) is 7.46. The van der Waals surface area contributed by atoms with Crippen LogP contribution in [0.3, 0.4) is 0 Å². The molecule has 2 atom stereocenters. The van der Waals surface area contributed by atoms with Gasteiger partial charge < -0.3 is 15.2 Å². The van der Waals surface area contributed by atoms with E-state index in [2.05, 4.69) is 35.1 Å². The van der Waals surface area contributed by atoms with E-state index in [-0.39, 0.29) is 12.7 Å². The number of morpholine rings is 1. The molecule has 106 valence electrons. The van der Waals surface area contributed by atoms with E-state index < -0.39 is 0 Å². The minimum Gasteiger partial charge on any atom is -0.394 e. The van der Waals surface area contributed by atoms with Crippen molar-refractivity contribution in [2.75, 3.05) is 31.6 Å². The highest BCUT2D eigenvalue weighted by atomic mass is 16.5. The number of hydrogen-bond acceptors (Lipinski definition) is 5. The van der Waals surface area contributed by atoms with Gasteiger partial charge in [0.15, 0.2) is 0 Å². The Hall–Kier alpha value is -1.17. The molecule has 2 unspecified atom stereocenters. The Labute approximate surface area is 114 Å². The van der Waals surface area contributed by atoms with E-state index in [0.717, 1.165) is 25.5 Å². The molecule has 2 heterocycles. The first-order valence-electron chi connectivity index (χ1n) is 6.88. The largest absolute Gasteiger partial charge is 0.394 e. The van der Waals surface area contributed by atoms with Crippen LogP contribution in [0.5, 0.6) is 0 Å². The average Bonchev–Trinajstić information content (AvgIpc) is 2.44. The number of nitrogens with zero attached hydrogens (tertiary/aromatic N) is 2. The van der Waals surface area contributed by atoms with E-state index in [1.165, 1.54) is 5.56 Å². The molecule has 19 heavy (non-hydrogen) atoms. The summed E-state index contributed by atoms with van der Waals surface area (Å²) in [4.78, 5) is 6.71. The predicted octanol–water partition coefficient (Wildman–Crippen LogP) is 1.09. The quantitative estimate of drug-likeness (QED) is 0.835. The van der Waals surface area contributed by atoms with Crippen molar-refractivity contribution in [1.29, 1.82) is 0 Å². The van der Waals surface area contributed by atoms with Crippen LogP contribution in [0.15, 0.2) is 18.3 Å². The van der Waals surface area contributed by atoms with Crippen LogP contribution in [0.4, 0.5) is 5.82 Å². The fourth-order valence-corrected chi connectivity index (χ4v) is 2.24. The molecule has 1 aromatic heterocycles. The lowest BCUT2D eigenvalue weighted by atomic mass is 10.1. The molecular formula is C14H23N3O2. The third kappa shape index (κ3) is 3.89. The number of nitrogens with one attached hydrogen (secondary N) is 1. The normalized spacial score (nSPS) is 24.4. The van der Waals surface area contributed by atoms with Crippen LogP contribution in [0.1, 0.15) is 19.4 Å². The third-order valence-electron chi connectivity index (χ3n) is 3.41. The van der Waals surface area contributed by atoms with Crippen molar-refractivity contribution in [3.05, 3.63) is 23.9 Å². The first-order valence-corrected chi connectivity index (χ1v) is 6.88. The summed E-state index contributed by atoms with van der Waals surface area (Å²) in [6, 6.07) is 4.48. The van der Waals surface area contributed by atoms with Gasteiger partial charge in [-0.25, -0.2) is 4.98 Å². The molecule has 1 aliphatic rings. The van der Waals surface area contributed by atoms with E-state index >= 15 is 0 Å². The highest BCUT2D eigenvalue weighted by Crippen LogP contribution is 2.15. The molecular weight excluding hydrogens is 242 g/mol. The molecule has 0 aliphatic carbocycles. The topological polar surface area (TPSA) is 57.6 Å². The van der Waals surface area contributed by atoms with Gasteiger partial charge in [0.05, 0.1) is 19.3 Å². The summed E-state index contributed by atoms with van der Waals surface area (Å²) >= 11 is 0. The summed E-state index contributed by atoms with van der Waals surface area (Å²) in [5, 5.41) is 12.4. The number of ether oxygens (including phenoxy) is 1. The Bertz CT molecular complexity index is 383. The molecule has 5 heteroatoms. The van der Waals surface area contributed by atoms with Gasteiger partial charge in [-0.15, -0.1) is 0 Å². The van der Waals surface area contributed by atoms with Gasteiger partial charge >= 0.3 is 0 Å². The average molecular weight is 265 g/mol. The first kappa shape index (κ1) is 14.2. The number of anilines is 1. The summed E-state index contributed by atoms with van der Waals surface area (Å²) in [5.74, 6) is 0.912. The highest BCUT2D eigenvalue weighted by Gasteiger charge is 2.25. The molecule has 0 saturated carbocycles. The van der Waals surface area contributed by atoms with Crippen molar-refractivity contribution in [2.24, 2.45) is 0 Å². The van der Waals surface area contributed by atoms with Crippen LogP contribution in [-0.4, -0.2) is 53.4 Å². The number of aromatic nitrogens is 1. The summed E-state index contributed by atoms with van der Waals surface area (Å²) in [7, 11) is 0. The van der Waals surface area contributed by atoms with Crippen LogP contribution in [-0.2, 0) is 11.3 Å². The van der Waals surface area contributed by atoms with Crippen LogP contribution < -0.4 is 5.32 Å². The molecule has 0 aromatic carbocycles. The highest BCUT2D eigenvalue weighted by molar-refractivity contribution is 5.35. The molecule has 0 radical (unpaired) electrons. The van der Waals surface area contributed by atoms with Gasteiger partial charge in [-0.2, -0.15) is 0 Å². The molecule has 0 amide bonds. The molecule has 0 spiro atoms. The number of pyridine rings is 1. The molecule has 1 aromatic rings. The fraction of sp³-hybridized carbons (Fsp3) is 0.643. The van der Waals surface area contributed by atoms with Gasteiger partial charge in [0.2, 0.25) is 0 Å². The maximum absolute atomic E-state index is 9.18. The van der Waals surface area contributed by atoms with Crippen molar-refractivity contribution < 1.29 is 9.84 Å². The zero-order valence-electron chi connectivity index (χ0n) is 11.7. The SMILES string of the molecule is CCNc1ccc(CN2CC(CO)OCC2C)cn1. The summed E-state index contributed by atoms with van der Waals surface area (Å²) in [5.41, 5.74) is 1.19. The van der Waals surface area contributed by atoms with Gasteiger partial charge in [-0.05, 0) is 25.5 Å². The second-order valence-corrected chi connectivity index (χ2v) is 5.00. The predicted molar refractivity (Wildman–Crippen MR) is 75.1 cm³/mol. The van der Waals surface area contributed by atoms with Crippen molar-refractivity contribution >= 4 is 5.82 Å². The van der Waals surface area contributed by atoms with E-state index in [4.69, 9.17) is 4.74 Å². The maximum atomic E-state index is 9.18. The fourth-order valence-electron chi connectivity index (χ4n) is 2.24. The maximum Gasteiger partial charge on any atom is 0.125 e. The zero-order valence-corrected chi connectivity index (χ0v) is 11.7. The second-order valence-electron chi connectivity index (χ2n) is 5.00. The molecule has 2 rings (SSSR count). The van der Waals surface area contributed by atoms with Gasteiger partial charge in [0.25, 0.3) is 0 Å². The van der Waals surface area contributed by atoms with E-state index in [0.29, 0.717) is 12.6 Å². The Morgan fingerprint density at radius 3 is 3.00 bits per heavy atom. The Morgan fingerprint density at radius 1 is 1.53 bits per heavy atom. The molecule has 1 fully saturated rings. The minimum atomic E-state index is -0.0646. The van der Waals surface area contributed by atoms with Crippen LogP contribution >= 0.6 is 0 Å². The number of aliphatic hydroxyl groups excluding tert-OH is 1. The Morgan fingerprint density at radius 2 is 2.37 bits per heavy atom. The van der Waals surface area contributed by atoms with Crippen molar-refractivity contribution in [1.82, 2.24) is 9.88 Å². The van der Waals surface area contributed by atoms with Crippen LogP contribution in [0.25, 0.3) is 0 Å². The zero-order chi connectivity index (χ0) is 13.7. The van der Waals surface area contributed by atoms with E-state index in [1.807, 2.05) is 12.3 Å². The van der Waals surface area contributed by atoms with Gasteiger partial charge in [-0.3, -0.25) is 4.90 Å². The number of rotatable bonds is 5. The van der Waals surface area contributed by atoms with Gasteiger partial charge in [0, 0.05) is 31.9 Å². The molecule has 0 bridgehead atoms. The smallest absolute Gasteiger partial charge is 0.125 e. The Kier molecular flexibility index (Phi) is 5.13. The summed E-state index contributed by atoms with van der Waals surface area (Å²) < 4.78 is 5.54. The second kappa shape index (κ2) is 6.84. The lowest BCUT2D eigenvalue weighted by Gasteiger charge is -2.37. The van der Waals surface area contributed by atoms with Crippen molar-refractivity contribution in [3.63, 3.8) is 0 Å². The van der Waals surface area contributed by atoms with Crippen LogP contribution in [0.2, 0.25) is 0 Å². The molecule has 5 nitrogen and oxygen atoms in total. The molecule has 1 saturated heterocycles. The number of aliphatic hydroxyl groups is 1. The lowest BCUT2D eigenvalue weighted by Crippen LogP contribution is -2.48. The minimum absolute atomic E-state index is 0.0646. The first-order chi connectivity index (χ1) is 9.22. The van der Waals surface area contributed by atoms with Crippen molar-refractivity contribution in [2.45, 2.75) is 32.5 Å². The van der Waals surface area contributed by atoms with E-state index in [1.54, 1.807) is 0 Å². The Balaban J connectivity index is 1.95. The van der Waals surface area contributed by atoms with Crippen LogP contribution in [0, 0.1) is 0 Å². The van der Waals surface area contributed by atoms with Gasteiger partial charge in [-0.1, -0.05) is 6.07 Å².